The number of nitrogens with zero attached hydrogens (tertiary/aromatic N) is 2. The van der Waals surface area contributed by atoms with Crippen LogP contribution in [0, 0.1) is 12.8 Å². The van der Waals surface area contributed by atoms with Crippen molar-refractivity contribution in [3.8, 4) is 0 Å². The van der Waals surface area contributed by atoms with Crippen LogP contribution in [-0.2, 0) is 6.18 Å². The van der Waals surface area contributed by atoms with Gasteiger partial charge in [0.15, 0.2) is 0 Å². The first kappa shape index (κ1) is 21.1. The number of hydrogen-bond donors (Lipinski definition) is 1. The van der Waals surface area contributed by atoms with Crippen LogP contribution in [0.5, 0.6) is 0 Å². The molecule has 1 atom stereocenters. The molecule has 2 aliphatic heterocycles. The highest BCUT2D eigenvalue weighted by Gasteiger charge is 2.35. The maximum Gasteiger partial charge on any atom is 0.416 e. The average molecular weight is 434 g/mol. The van der Waals surface area contributed by atoms with Crippen LogP contribution in [0.15, 0.2) is 59.6 Å². The van der Waals surface area contributed by atoms with Gasteiger partial charge in [-0.2, -0.15) is 13.2 Å². The lowest BCUT2D eigenvalue weighted by atomic mass is 9.94. The van der Waals surface area contributed by atoms with Crippen LogP contribution in [0.2, 0.25) is 0 Å². The molecule has 0 amide bonds. The standard InChI is InChI=1S/C23H26F3N3S/c1-16-6-8-20(9-7-16)30-29-12-10-17(11-13-29)22-27-15-21(28(22)2)18-4-3-5-19(14-18)23(24,25)26/h3-9,14-15,17,22,27H,10-13H2,1-2H3. The zero-order chi connectivity index (χ0) is 21.3. The van der Waals surface area contributed by atoms with Crippen LogP contribution in [0.3, 0.4) is 0 Å². The lowest BCUT2D eigenvalue weighted by Crippen LogP contribution is -2.45. The quantitative estimate of drug-likeness (QED) is 0.633. The largest absolute Gasteiger partial charge is 0.416 e. The molecule has 2 aliphatic rings. The summed E-state index contributed by atoms with van der Waals surface area (Å²) < 4.78 is 41.6. The molecule has 1 fully saturated rings. The fourth-order valence-electron chi connectivity index (χ4n) is 4.15. The van der Waals surface area contributed by atoms with E-state index in [4.69, 9.17) is 0 Å². The molecule has 4 rings (SSSR count). The van der Waals surface area contributed by atoms with Crippen LogP contribution < -0.4 is 5.32 Å². The molecule has 0 aromatic heterocycles. The van der Waals surface area contributed by atoms with Crippen molar-refractivity contribution in [1.82, 2.24) is 14.5 Å². The summed E-state index contributed by atoms with van der Waals surface area (Å²) in [4.78, 5) is 3.34. The third-order valence-corrected chi connectivity index (χ3v) is 6.98. The Labute approximate surface area is 180 Å². The second-order valence-corrected chi connectivity index (χ2v) is 9.17. The van der Waals surface area contributed by atoms with Gasteiger partial charge in [-0.25, -0.2) is 4.31 Å². The van der Waals surface area contributed by atoms with Crippen LogP contribution in [0.25, 0.3) is 5.70 Å². The van der Waals surface area contributed by atoms with E-state index in [1.165, 1.54) is 22.6 Å². The van der Waals surface area contributed by atoms with Crippen molar-refractivity contribution < 1.29 is 13.2 Å². The minimum absolute atomic E-state index is 0.112. The van der Waals surface area contributed by atoms with Crippen molar-refractivity contribution in [2.24, 2.45) is 5.92 Å². The summed E-state index contributed by atoms with van der Waals surface area (Å²) in [5.74, 6) is 0.449. The predicted molar refractivity (Wildman–Crippen MR) is 115 cm³/mol. The van der Waals surface area contributed by atoms with Crippen molar-refractivity contribution in [3.63, 3.8) is 0 Å². The van der Waals surface area contributed by atoms with Gasteiger partial charge >= 0.3 is 6.18 Å². The van der Waals surface area contributed by atoms with Crippen molar-refractivity contribution in [1.29, 1.82) is 0 Å². The minimum Gasteiger partial charge on any atom is -0.369 e. The third kappa shape index (κ3) is 4.62. The van der Waals surface area contributed by atoms with Gasteiger partial charge < -0.3 is 10.2 Å². The second kappa shape index (κ2) is 8.55. The Hall–Kier alpha value is -2.12. The number of halogens is 3. The molecule has 0 aliphatic carbocycles. The molecule has 1 unspecified atom stereocenters. The highest BCUT2D eigenvalue weighted by molar-refractivity contribution is 7.97. The van der Waals surface area contributed by atoms with E-state index in [2.05, 4.69) is 45.7 Å². The Kier molecular flexibility index (Phi) is 6.02. The minimum atomic E-state index is -4.33. The summed E-state index contributed by atoms with van der Waals surface area (Å²) in [6, 6.07) is 14.1. The van der Waals surface area contributed by atoms with Crippen molar-refractivity contribution >= 4 is 17.6 Å². The van der Waals surface area contributed by atoms with E-state index in [0.717, 1.165) is 37.7 Å². The topological polar surface area (TPSA) is 18.5 Å². The summed E-state index contributed by atoms with van der Waals surface area (Å²) in [6.45, 7) is 4.08. The van der Waals surface area contributed by atoms with E-state index in [1.807, 2.05) is 13.2 Å². The van der Waals surface area contributed by atoms with Gasteiger partial charge in [-0.1, -0.05) is 29.8 Å². The first-order chi connectivity index (χ1) is 14.3. The molecule has 0 spiro atoms. The molecular weight excluding hydrogens is 407 g/mol. The Morgan fingerprint density at radius 3 is 2.40 bits per heavy atom. The fraction of sp³-hybridized carbons (Fsp3) is 0.391. The van der Waals surface area contributed by atoms with Gasteiger partial charge in [0.25, 0.3) is 0 Å². The van der Waals surface area contributed by atoms with Crippen molar-refractivity contribution in [3.05, 3.63) is 71.4 Å². The Bertz CT molecular complexity index is 903. The number of alkyl halides is 3. The molecule has 30 heavy (non-hydrogen) atoms. The molecule has 7 heteroatoms. The molecule has 3 nitrogen and oxygen atoms in total. The monoisotopic (exact) mass is 433 g/mol. The lowest BCUT2D eigenvalue weighted by Gasteiger charge is -2.37. The first-order valence-corrected chi connectivity index (χ1v) is 10.9. The van der Waals surface area contributed by atoms with E-state index < -0.39 is 11.7 Å². The molecular formula is C23H26F3N3S. The zero-order valence-electron chi connectivity index (χ0n) is 17.1. The van der Waals surface area contributed by atoms with Crippen molar-refractivity contribution in [2.75, 3.05) is 20.1 Å². The Balaban J connectivity index is 1.35. The summed E-state index contributed by atoms with van der Waals surface area (Å²) in [6.07, 6.45) is -0.272. The lowest BCUT2D eigenvalue weighted by molar-refractivity contribution is -0.137. The normalized spacial score (nSPS) is 20.9. The number of aryl methyl sites for hydroxylation is 1. The molecule has 0 saturated carbocycles. The maximum atomic E-state index is 13.1. The van der Waals surface area contributed by atoms with Crippen LogP contribution in [-0.4, -0.2) is 35.5 Å². The molecule has 1 saturated heterocycles. The highest BCUT2D eigenvalue weighted by atomic mass is 32.2. The number of benzene rings is 2. The van der Waals surface area contributed by atoms with Gasteiger partial charge in [-0.05, 0) is 61.5 Å². The molecule has 0 radical (unpaired) electrons. The molecule has 2 aromatic carbocycles. The summed E-state index contributed by atoms with van der Waals surface area (Å²) in [7, 11) is 1.96. The highest BCUT2D eigenvalue weighted by Crippen LogP contribution is 2.36. The molecule has 2 aromatic rings. The molecule has 0 bridgehead atoms. The van der Waals surface area contributed by atoms with E-state index in [9.17, 15) is 13.2 Å². The summed E-state index contributed by atoms with van der Waals surface area (Å²) in [5, 5.41) is 3.41. The second-order valence-electron chi connectivity index (χ2n) is 8.00. The van der Waals surface area contributed by atoms with Gasteiger partial charge in [0.05, 0.1) is 11.3 Å². The van der Waals surface area contributed by atoms with Gasteiger partial charge in [-0.15, -0.1) is 0 Å². The van der Waals surface area contributed by atoms with E-state index in [1.54, 1.807) is 18.0 Å². The molecule has 2 heterocycles. The number of piperidine rings is 1. The molecule has 1 N–H and O–H groups in total. The third-order valence-electron chi connectivity index (χ3n) is 5.87. The maximum absolute atomic E-state index is 13.1. The van der Waals surface area contributed by atoms with Gasteiger partial charge in [-0.3, -0.25) is 0 Å². The van der Waals surface area contributed by atoms with Gasteiger partial charge in [0.2, 0.25) is 0 Å². The Morgan fingerprint density at radius 2 is 1.73 bits per heavy atom. The van der Waals surface area contributed by atoms with E-state index in [0.29, 0.717) is 11.5 Å². The van der Waals surface area contributed by atoms with Gasteiger partial charge in [0.1, 0.15) is 6.17 Å². The molecule has 160 valence electrons. The smallest absolute Gasteiger partial charge is 0.369 e. The number of hydrogen-bond acceptors (Lipinski definition) is 4. The number of nitrogens with one attached hydrogen (secondary N) is 1. The zero-order valence-corrected chi connectivity index (χ0v) is 17.9. The van der Waals surface area contributed by atoms with Crippen molar-refractivity contribution in [2.45, 2.75) is 37.0 Å². The summed E-state index contributed by atoms with van der Waals surface area (Å²) in [5.41, 5.74) is 2.05. The SMILES string of the molecule is Cc1ccc(SN2CCC(C3NC=C(c4cccc(C(F)(F)F)c4)N3C)CC2)cc1. The first-order valence-electron chi connectivity index (χ1n) is 10.2. The number of rotatable bonds is 4. The van der Waals surface area contributed by atoms with Crippen LogP contribution in [0.1, 0.15) is 29.5 Å². The predicted octanol–water partition coefficient (Wildman–Crippen LogP) is 5.59. The van der Waals surface area contributed by atoms with Crippen LogP contribution in [0.4, 0.5) is 13.2 Å². The fourth-order valence-corrected chi connectivity index (χ4v) is 5.10. The summed E-state index contributed by atoms with van der Waals surface area (Å²) >= 11 is 1.80. The van der Waals surface area contributed by atoms with Crippen LogP contribution >= 0.6 is 11.9 Å². The Morgan fingerprint density at radius 1 is 1.03 bits per heavy atom. The van der Waals surface area contributed by atoms with Gasteiger partial charge in [0, 0.05) is 37.2 Å². The van der Waals surface area contributed by atoms with E-state index >= 15 is 0 Å². The van der Waals surface area contributed by atoms with E-state index in [-0.39, 0.29) is 6.17 Å². The average Bonchev–Trinajstić information content (AvgIpc) is 3.11.